The number of rotatable bonds is 5. The Morgan fingerprint density at radius 3 is 2.55 bits per heavy atom. The van der Waals surface area contributed by atoms with Crippen molar-refractivity contribution in [1.29, 1.82) is 0 Å². The molecule has 1 fully saturated rings. The molecule has 3 heterocycles. The molecule has 1 aliphatic heterocycles. The van der Waals surface area contributed by atoms with E-state index in [1.807, 2.05) is 6.07 Å². The molecule has 1 saturated heterocycles. The van der Waals surface area contributed by atoms with E-state index in [0.29, 0.717) is 44.9 Å². The first kappa shape index (κ1) is 20.2. The number of piperazine rings is 1. The Morgan fingerprint density at radius 2 is 1.86 bits per heavy atom. The molecule has 0 atom stereocenters. The van der Waals surface area contributed by atoms with Crippen LogP contribution in [-0.4, -0.2) is 70.5 Å². The van der Waals surface area contributed by atoms with Crippen molar-refractivity contribution in [3.63, 3.8) is 0 Å². The van der Waals surface area contributed by atoms with E-state index in [9.17, 15) is 14.4 Å². The van der Waals surface area contributed by atoms with E-state index in [-0.39, 0.29) is 23.6 Å². The van der Waals surface area contributed by atoms with Gasteiger partial charge in [-0.25, -0.2) is 4.79 Å². The number of hydrogen-bond donors (Lipinski definition) is 1. The van der Waals surface area contributed by atoms with E-state index in [2.05, 4.69) is 15.3 Å². The molecule has 0 spiro atoms. The lowest BCUT2D eigenvalue weighted by atomic mass is 10.2. The Bertz CT molecular complexity index is 866. The number of ether oxygens (including phenoxy) is 1. The second-order valence-corrected chi connectivity index (χ2v) is 6.45. The van der Waals surface area contributed by atoms with Gasteiger partial charge in [0.25, 0.3) is 11.8 Å². The highest BCUT2D eigenvalue weighted by Gasteiger charge is 2.26. The van der Waals surface area contributed by atoms with Crippen LogP contribution in [0.15, 0.2) is 42.9 Å². The van der Waals surface area contributed by atoms with E-state index in [1.165, 1.54) is 12.3 Å². The van der Waals surface area contributed by atoms with Gasteiger partial charge in [-0.05, 0) is 30.7 Å². The number of amides is 3. The number of aromatic nitrogens is 2. The third-order valence-corrected chi connectivity index (χ3v) is 4.51. The molecule has 0 saturated carbocycles. The minimum atomic E-state index is -0.370. The van der Waals surface area contributed by atoms with Gasteiger partial charge >= 0.3 is 6.09 Å². The van der Waals surface area contributed by atoms with Gasteiger partial charge in [-0.15, -0.1) is 0 Å². The van der Waals surface area contributed by atoms with Gasteiger partial charge in [-0.3, -0.25) is 19.6 Å². The maximum Gasteiger partial charge on any atom is 0.409 e. The van der Waals surface area contributed by atoms with Gasteiger partial charge < -0.3 is 19.9 Å². The molecule has 3 amide bonds. The van der Waals surface area contributed by atoms with Crippen LogP contribution in [0.3, 0.4) is 0 Å². The Hall–Kier alpha value is -3.49. The van der Waals surface area contributed by atoms with Crippen molar-refractivity contribution >= 4 is 17.9 Å². The van der Waals surface area contributed by atoms with Crippen LogP contribution < -0.4 is 5.32 Å². The quantitative estimate of drug-likeness (QED) is 0.816. The normalized spacial score (nSPS) is 13.7. The first-order valence-electron chi connectivity index (χ1n) is 9.42. The zero-order valence-electron chi connectivity index (χ0n) is 16.2. The van der Waals surface area contributed by atoms with E-state index in [1.54, 1.807) is 41.2 Å². The molecule has 0 radical (unpaired) electrons. The van der Waals surface area contributed by atoms with Gasteiger partial charge in [0.05, 0.1) is 6.61 Å². The zero-order chi connectivity index (χ0) is 20.6. The summed E-state index contributed by atoms with van der Waals surface area (Å²) < 4.78 is 4.98. The molecule has 0 unspecified atom stereocenters. The zero-order valence-corrected chi connectivity index (χ0v) is 16.2. The number of pyridine rings is 2. The van der Waals surface area contributed by atoms with Gasteiger partial charge in [-0.2, -0.15) is 0 Å². The molecule has 0 aromatic carbocycles. The van der Waals surface area contributed by atoms with E-state index in [4.69, 9.17) is 4.74 Å². The minimum absolute atomic E-state index is 0.198. The molecule has 1 aliphatic rings. The smallest absolute Gasteiger partial charge is 0.409 e. The largest absolute Gasteiger partial charge is 0.450 e. The van der Waals surface area contributed by atoms with Gasteiger partial charge in [0, 0.05) is 56.9 Å². The van der Waals surface area contributed by atoms with Crippen LogP contribution in [0.25, 0.3) is 0 Å². The molecule has 2 aromatic rings. The molecule has 0 bridgehead atoms. The van der Waals surface area contributed by atoms with Crippen LogP contribution >= 0.6 is 0 Å². The summed E-state index contributed by atoms with van der Waals surface area (Å²) in [6, 6.07) is 6.71. The van der Waals surface area contributed by atoms with E-state index >= 15 is 0 Å². The fourth-order valence-corrected chi connectivity index (χ4v) is 2.94. The monoisotopic (exact) mass is 397 g/mol. The molecule has 3 rings (SSSR count). The number of hydrogen-bond acceptors (Lipinski definition) is 6. The second-order valence-electron chi connectivity index (χ2n) is 6.45. The van der Waals surface area contributed by atoms with Crippen LogP contribution in [0.1, 0.15) is 33.3 Å². The summed E-state index contributed by atoms with van der Waals surface area (Å²) in [6.07, 6.45) is 4.42. The van der Waals surface area contributed by atoms with Gasteiger partial charge in [0.15, 0.2) is 0 Å². The predicted molar refractivity (Wildman–Crippen MR) is 104 cm³/mol. The highest BCUT2D eigenvalue weighted by molar-refractivity contribution is 5.98. The highest BCUT2D eigenvalue weighted by Crippen LogP contribution is 2.10. The summed E-state index contributed by atoms with van der Waals surface area (Å²) in [5.74, 6) is -0.562. The van der Waals surface area contributed by atoms with Gasteiger partial charge in [0.2, 0.25) is 0 Å². The van der Waals surface area contributed by atoms with Crippen LogP contribution in [-0.2, 0) is 11.3 Å². The number of nitrogens with one attached hydrogen (secondary N) is 1. The maximum atomic E-state index is 12.7. The lowest BCUT2D eigenvalue weighted by molar-refractivity contribution is 0.0566. The highest BCUT2D eigenvalue weighted by atomic mass is 16.6. The van der Waals surface area contributed by atoms with Gasteiger partial charge in [-0.1, -0.05) is 6.07 Å². The number of carbonyl (C=O) groups is 3. The van der Waals surface area contributed by atoms with E-state index in [0.717, 1.165) is 5.56 Å². The molecular weight excluding hydrogens is 374 g/mol. The summed E-state index contributed by atoms with van der Waals surface area (Å²) in [5.41, 5.74) is 1.44. The van der Waals surface area contributed by atoms with Crippen molar-refractivity contribution in [1.82, 2.24) is 25.1 Å². The summed E-state index contributed by atoms with van der Waals surface area (Å²) >= 11 is 0. The SMILES string of the molecule is CCOC(=O)N1CCN(C(=O)c2cc(C(=O)NCc3cccnc3)ccn2)CC1. The summed E-state index contributed by atoms with van der Waals surface area (Å²) in [4.78, 5) is 48.2. The molecular formula is C20H23N5O4. The van der Waals surface area contributed by atoms with E-state index < -0.39 is 0 Å². The van der Waals surface area contributed by atoms with Crippen molar-refractivity contribution < 1.29 is 19.1 Å². The van der Waals surface area contributed by atoms with Crippen molar-refractivity contribution in [3.8, 4) is 0 Å². The fourth-order valence-electron chi connectivity index (χ4n) is 2.94. The maximum absolute atomic E-state index is 12.7. The standard InChI is InChI=1S/C20H23N5O4/c1-2-29-20(28)25-10-8-24(9-11-25)19(27)17-12-16(5-7-22-17)18(26)23-14-15-4-3-6-21-13-15/h3-7,12-13H,2,8-11,14H2,1H3,(H,23,26). The molecule has 2 aromatic heterocycles. The Morgan fingerprint density at radius 1 is 1.10 bits per heavy atom. The third kappa shape index (κ3) is 5.28. The fraction of sp³-hybridized carbons (Fsp3) is 0.350. The van der Waals surface area contributed by atoms with Crippen LogP contribution in [0.2, 0.25) is 0 Å². The van der Waals surface area contributed by atoms with Crippen LogP contribution in [0.5, 0.6) is 0 Å². The summed E-state index contributed by atoms with van der Waals surface area (Å²) in [6.45, 7) is 3.98. The lowest BCUT2D eigenvalue weighted by Gasteiger charge is -2.33. The van der Waals surface area contributed by atoms with Crippen molar-refractivity contribution in [2.24, 2.45) is 0 Å². The molecule has 1 N–H and O–H groups in total. The predicted octanol–water partition coefficient (Wildman–Crippen LogP) is 1.32. The van der Waals surface area contributed by atoms with Gasteiger partial charge in [0.1, 0.15) is 5.69 Å². The average molecular weight is 397 g/mol. The lowest BCUT2D eigenvalue weighted by Crippen LogP contribution is -2.50. The second kappa shape index (κ2) is 9.63. The summed E-state index contributed by atoms with van der Waals surface area (Å²) in [5, 5.41) is 2.80. The van der Waals surface area contributed by atoms with Crippen molar-refractivity contribution in [2.75, 3.05) is 32.8 Å². The number of nitrogens with zero attached hydrogens (tertiary/aromatic N) is 4. The van der Waals surface area contributed by atoms with Crippen LogP contribution in [0.4, 0.5) is 4.79 Å². The van der Waals surface area contributed by atoms with Crippen molar-refractivity contribution in [3.05, 3.63) is 59.7 Å². The number of carbonyl (C=O) groups excluding carboxylic acids is 3. The molecule has 9 nitrogen and oxygen atoms in total. The Kier molecular flexibility index (Phi) is 6.72. The molecule has 9 heteroatoms. The minimum Gasteiger partial charge on any atom is -0.450 e. The summed E-state index contributed by atoms with van der Waals surface area (Å²) in [7, 11) is 0. The van der Waals surface area contributed by atoms with Crippen LogP contribution in [0, 0.1) is 0 Å². The first-order chi connectivity index (χ1) is 14.1. The van der Waals surface area contributed by atoms with Crippen molar-refractivity contribution in [2.45, 2.75) is 13.5 Å². The molecule has 0 aliphatic carbocycles. The molecule has 29 heavy (non-hydrogen) atoms. The topological polar surface area (TPSA) is 105 Å². The third-order valence-electron chi connectivity index (χ3n) is 4.51. The average Bonchev–Trinajstić information content (AvgIpc) is 2.78. The Balaban J connectivity index is 1.58. The molecule has 152 valence electrons. The Labute approximate surface area is 168 Å². The first-order valence-corrected chi connectivity index (χ1v) is 9.42.